The Balaban J connectivity index is 2.01. The summed E-state index contributed by atoms with van der Waals surface area (Å²) in [6.45, 7) is 1.38. The fourth-order valence-electron chi connectivity index (χ4n) is 1.82. The molecule has 0 saturated heterocycles. The van der Waals surface area contributed by atoms with Crippen LogP contribution >= 0.6 is 11.3 Å². The number of oxazole rings is 1. The van der Waals surface area contributed by atoms with Crippen molar-refractivity contribution in [3.63, 3.8) is 0 Å². The van der Waals surface area contributed by atoms with E-state index in [1.165, 1.54) is 16.4 Å². The Labute approximate surface area is 109 Å². The molecule has 0 saturated carbocycles. The van der Waals surface area contributed by atoms with E-state index in [2.05, 4.69) is 11.4 Å². The van der Waals surface area contributed by atoms with Crippen LogP contribution in [0.15, 0.2) is 21.9 Å². The average molecular weight is 266 g/mol. The van der Waals surface area contributed by atoms with Crippen LogP contribution in [0.4, 0.5) is 0 Å². The second-order valence-corrected chi connectivity index (χ2v) is 5.23. The van der Waals surface area contributed by atoms with Crippen molar-refractivity contribution in [2.45, 2.75) is 26.2 Å². The number of rotatable bonds is 5. The minimum Gasteiger partial charge on any atom is -0.457 e. The molecular formula is C13H16NO3S+. The number of hydrogen-bond acceptors (Lipinski definition) is 4. The smallest absolute Gasteiger partial charge is 0.416 e. The monoisotopic (exact) mass is 266 g/mol. The molecule has 2 aromatic heterocycles. The van der Waals surface area contributed by atoms with Crippen LogP contribution in [-0.2, 0) is 19.9 Å². The molecule has 0 atom stereocenters. The van der Waals surface area contributed by atoms with E-state index in [-0.39, 0.29) is 17.4 Å². The van der Waals surface area contributed by atoms with Crippen LogP contribution in [0.2, 0.25) is 0 Å². The second kappa shape index (κ2) is 5.35. The van der Waals surface area contributed by atoms with Gasteiger partial charge in [0.25, 0.3) is 5.76 Å². The summed E-state index contributed by atoms with van der Waals surface area (Å²) >= 11 is 1.73. The average Bonchev–Trinajstić information content (AvgIpc) is 2.92. The van der Waals surface area contributed by atoms with Crippen molar-refractivity contribution in [1.82, 2.24) is 0 Å². The number of nitrogens with zero attached hydrogens (tertiary/aromatic N) is 1. The number of aryl methyl sites for hydroxylation is 2. The molecular weight excluding hydrogens is 250 g/mol. The Kier molecular flexibility index (Phi) is 3.81. The van der Waals surface area contributed by atoms with Crippen molar-refractivity contribution < 1.29 is 18.9 Å². The van der Waals surface area contributed by atoms with Gasteiger partial charge in [0.15, 0.2) is 0 Å². The third-order valence-corrected chi connectivity index (χ3v) is 3.76. The lowest BCUT2D eigenvalue weighted by Crippen LogP contribution is -2.30. The fourth-order valence-corrected chi connectivity index (χ4v) is 2.57. The number of thiophene rings is 1. The molecule has 0 aliphatic heterocycles. The maximum absolute atomic E-state index is 11.2. The standard InChI is InChI=1S/C13H15NO3S/c1-9(15)12-13(16)14(2)11(17-12)7-3-5-10-6-4-8-18-10/h4,6,8H,3,5,7H2,1-2H3/p+1. The highest BCUT2D eigenvalue weighted by Gasteiger charge is 2.27. The van der Waals surface area contributed by atoms with Crippen molar-refractivity contribution >= 4 is 17.1 Å². The number of hydrogen-bond donors (Lipinski definition) is 1. The first-order valence-corrected chi connectivity index (χ1v) is 6.71. The molecule has 0 aliphatic rings. The molecule has 0 spiro atoms. The predicted molar refractivity (Wildman–Crippen MR) is 67.9 cm³/mol. The molecule has 0 unspecified atom stereocenters. The Morgan fingerprint density at radius 1 is 1.50 bits per heavy atom. The largest absolute Gasteiger partial charge is 0.457 e. The molecule has 0 bridgehead atoms. The zero-order chi connectivity index (χ0) is 13.1. The summed E-state index contributed by atoms with van der Waals surface area (Å²) < 4.78 is 6.93. The first-order valence-electron chi connectivity index (χ1n) is 5.83. The molecule has 0 radical (unpaired) electrons. The Hall–Kier alpha value is -1.62. The number of carbonyl (C=O) groups excluding carboxylic acids is 1. The van der Waals surface area contributed by atoms with Gasteiger partial charge in [-0.3, -0.25) is 4.79 Å². The van der Waals surface area contributed by atoms with E-state index in [4.69, 9.17) is 4.42 Å². The molecule has 0 aromatic carbocycles. The van der Waals surface area contributed by atoms with Gasteiger partial charge in [0.05, 0.1) is 6.42 Å². The summed E-state index contributed by atoms with van der Waals surface area (Å²) in [4.78, 5) is 12.6. The normalized spacial score (nSPS) is 10.8. The van der Waals surface area contributed by atoms with Crippen LogP contribution in [0.1, 0.15) is 34.7 Å². The van der Waals surface area contributed by atoms with Crippen molar-refractivity contribution in [2.24, 2.45) is 7.05 Å². The van der Waals surface area contributed by atoms with E-state index < -0.39 is 0 Å². The van der Waals surface area contributed by atoms with Gasteiger partial charge in [0.1, 0.15) is 7.05 Å². The summed E-state index contributed by atoms with van der Waals surface area (Å²) in [5, 5.41) is 11.8. The van der Waals surface area contributed by atoms with E-state index in [1.54, 1.807) is 18.4 Å². The summed E-state index contributed by atoms with van der Waals surface area (Å²) in [5.74, 6) is 0.333. The highest BCUT2D eigenvalue weighted by atomic mass is 32.1. The summed E-state index contributed by atoms with van der Waals surface area (Å²) in [7, 11) is 1.70. The maximum atomic E-state index is 11.2. The van der Waals surface area contributed by atoms with Crippen molar-refractivity contribution in [1.29, 1.82) is 0 Å². The lowest BCUT2D eigenvalue weighted by Gasteiger charge is -1.93. The lowest BCUT2D eigenvalue weighted by atomic mass is 10.2. The third kappa shape index (κ3) is 2.61. The number of ketones is 1. The number of aromatic nitrogens is 1. The summed E-state index contributed by atoms with van der Waals surface area (Å²) in [5.41, 5.74) is 0. The van der Waals surface area contributed by atoms with Gasteiger partial charge in [-0.25, -0.2) is 0 Å². The van der Waals surface area contributed by atoms with Crippen LogP contribution in [0.3, 0.4) is 0 Å². The molecule has 0 amide bonds. The van der Waals surface area contributed by atoms with E-state index in [9.17, 15) is 9.90 Å². The van der Waals surface area contributed by atoms with E-state index >= 15 is 0 Å². The first-order chi connectivity index (χ1) is 8.59. The van der Waals surface area contributed by atoms with E-state index in [0.717, 1.165) is 12.8 Å². The molecule has 2 heterocycles. The molecule has 96 valence electrons. The zero-order valence-corrected chi connectivity index (χ0v) is 11.3. The highest BCUT2D eigenvalue weighted by Crippen LogP contribution is 2.18. The SMILES string of the molecule is CC(=O)c1oc(CCCc2cccs2)[n+](C)c1O. The summed E-state index contributed by atoms with van der Waals surface area (Å²) in [6.07, 6.45) is 2.61. The lowest BCUT2D eigenvalue weighted by molar-refractivity contribution is -0.688. The number of aromatic hydroxyl groups is 1. The van der Waals surface area contributed by atoms with Crippen LogP contribution in [0, 0.1) is 0 Å². The zero-order valence-electron chi connectivity index (χ0n) is 10.5. The number of carbonyl (C=O) groups is 1. The molecule has 0 fully saturated rings. The predicted octanol–water partition coefficient (Wildman–Crippen LogP) is 2.25. The fraction of sp³-hybridized carbons (Fsp3) is 0.385. The Morgan fingerprint density at radius 2 is 2.28 bits per heavy atom. The van der Waals surface area contributed by atoms with Crippen molar-refractivity contribution in [3.05, 3.63) is 34.0 Å². The molecule has 1 N–H and O–H groups in total. The van der Waals surface area contributed by atoms with Crippen molar-refractivity contribution in [3.8, 4) is 5.88 Å². The molecule has 4 nitrogen and oxygen atoms in total. The maximum Gasteiger partial charge on any atom is 0.416 e. The van der Waals surface area contributed by atoms with Gasteiger partial charge < -0.3 is 9.52 Å². The van der Waals surface area contributed by atoms with Gasteiger partial charge in [-0.1, -0.05) is 6.07 Å². The summed E-state index contributed by atoms with van der Waals surface area (Å²) in [6, 6.07) is 4.14. The van der Waals surface area contributed by atoms with Gasteiger partial charge in [0, 0.05) is 11.8 Å². The first kappa shape index (κ1) is 12.8. The Morgan fingerprint density at radius 3 is 2.83 bits per heavy atom. The molecule has 2 aromatic rings. The van der Waals surface area contributed by atoms with Crippen LogP contribution < -0.4 is 4.57 Å². The van der Waals surface area contributed by atoms with E-state index in [0.29, 0.717) is 12.3 Å². The van der Waals surface area contributed by atoms with Gasteiger partial charge in [0.2, 0.25) is 5.78 Å². The molecule has 5 heteroatoms. The minimum atomic E-state index is -0.257. The van der Waals surface area contributed by atoms with Gasteiger partial charge >= 0.3 is 11.8 Å². The van der Waals surface area contributed by atoms with Gasteiger partial charge in [-0.15, -0.1) is 15.9 Å². The second-order valence-electron chi connectivity index (χ2n) is 4.20. The minimum absolute atomic E-state index is 0.0450. The van der Waals surface area contributed by atoms with Crippen LogP contribution in [-0.4, -0.2) is 10.9 Å². The topological polar surface area (TPSA) is 54.3 Å². The van der Waals surface area contributed by atoms with Gasteiger partial charge in [-0.2, -0.15) is 0 Å². The molecule has 2 rings (SSSR count). The van der Waals surface area contributed by atoms with Crippen molar-refractivity contribution in [2.75, 3.05) is 0 Å². The quantitative estimate of drug-likeness (QED) is 0.667. The molecule has 0 aliphatic carbocycles. The van der Waals surface area contributed by atoms with Crippen LogP contribution in [0.5, 0.6) is 5.88 Å². The highest BCUT2D eigenvalue weighted by molar-refractivity contribution is 7.09. The van der Waals surface area contributed by atoms with Crippen LogP contribution in [0.25, 0.3) is 0 Å². The molecule has 18 heavy (non-hydrogen) atoms. The van der Waals surface area contributed by atoms with E-state index in [1.807, 2.05) is 6.07 Å². The number of Topliss-reactive ketones (excluding diaryl/α,β-unsaturated/α-hetero) is 1. The Bertz CT molecular complexity index is 543. The third-order valence-electron chi connectivity index (χ3n) is 2.83. The van der Waals surface area contributed by atoms with Gasteiger partial charge in [-0.05, 0) is 24.3 Å².